The zero-order valence-corrected chi connectivity index (χ0v) is 16.2. The number of benzene rings is 2. The molecule has 0 spiro atoms. The Hall–Kier alpha value is -2.82. The minimum atomic E-state index is -0.389. The summed E-state index contributed by atoms with van der Waals surface area (Å²) >= 11 is 0. The van der Waals surface area contributed by atoms with E-state index >= 15 is 0 Å². The second kappa shape index (κ2) is 10.4. The first-order valence-corrected chi connectivity index (χ1v) is 9.08. The number of rotatable bonds is 9. The summed E-state index contributed by atoms with van der Waals surface area (Å²) in [5, 5.41) is 0. The summed E-state index contributed by atoms with van der Waals surface area (Å²) in [6.07, 6.45) is 0.245. The Morgan fingerprint density at radius 1 is 1.04 bits per heavy atom. The van der Waals surface area contributed by atoms with Crippen molar-refractivity contribution in [2.24, 2.45) is 5.92 Å². The van der Waals surface area contributed by atoms with E-state index in [2.05, 4.69) is 0 Å². The first kappa shape index (κ1) is 20.5. The molecule has 0 heterocycles. The number of hydrogen-bond acceptors (Lipinski definition) is 4. The molecule has 5 heteroatoms. The van der Waals surface area contributed by atoms with Gasteiger partial charge in [0.2, 0.25) is 5.91 Å². The monoisotopic (exact) mass is 369 g/mol. The Kier molecular flexibility index (Phi) is 7.86. The van der Waals surface area contributed by atoms with Crippen molar-refractivity contribution in [3.8, 4) is 5.75 Å². The highest BCUT2D eigenvalue weighted by molar-refractivity contribution is 5.78. The smallest absolute Gasteiger partial charge is 0.310 e. The van der Waals surface area contributed by atoms with E-state index in [1.165, 1.54) is 7.11 Å². The molecular weight excluding hydrogens is 342 g/mol. The van der Waals surface area contributed by atoms with Crippen LogP contribution in [0, 0.1) is 12.8 Å². The molecule has 1 atom stereocenters. The van der Waals surface area contributed by atoms with Gasteiger partial charge in [-0.05, 0) is 24.6 Å². The van der Waals surface area contributed by atoms with Crippen LogP contribution in [-0.4, -0.2) is 37.0 Å². The van der Waals surface area contributed by atoms with Gasteiger partial charge < -0.3 is 14.4 Å². The van der Waals surface area contributed by atoms with Gasteiger partial charge in [0, 0.05) is 13.1 Å². The lowest BCUT2D eigenvalue weighted by molar-refractivity contribution is -0.146. The van der Waals surface area contributed by atoms with Gasteiger partial charge >= 0.3 is 5.97 Å². The molecule has 2 aromatic carbocycles. The number of methoxy groups -OCH3 is 1. The molecule has 0 aliphatic heterocycles. The van der Waals surface area contributed by atoms with Crippen LogP contribution in [0.4, 0.5) is 0 Å². The third-order valence-corrected chi connectivity index (χ3v) is 4.27. The van der Waals surface area contributed by atoms with Crippen LogP contribution in [0.15, 0.2) is 54.6 Å². The average molecular weight is 369 g/mol. The van der Waals surface area contributed by atoms with Gasteiger partial charge in [-0.15, -0.1) is 0 Å². The van der Waals surface area contributed by atoms with Gasteiger partial charge in [-0.25, -0.2) is 0 Å². The number of ether oxygens (including phenoxy) is 2. The SMILES string of the molecule is COC(=O)C(C)CN(Cc1ccc(C)cc1)C(=O)CCOc1ccccc1. The molecule has 0 aliphatic carbocycles. The summed E-state index contributed by atoms with van der Waals surface area (Å²) in [5.74, 6) is -0.0303. The van der Waals surface area contributed by atoms with Crippen LogP contribution < -0.4 is 4.74 Å². The average Bonchev–Trinajstić information content (AvgIpc) is 2.69. The summed E-state index contributed by atoms with van der Waals surface area (Å²) in [6, 6.07) is 17.4. The van der Waals surface area contributed by atoms with E-state index in [9.17, 15) is 9.59 Å². The van der Waals surface area contributed by atoms with Crippen LogP contribution in [0.5, 0.6) is 5.75 Å². The van der Waals surface area contributed by atoms with Crippen LogP contribution in [0.25, 0.3) is 0 Å². The van der Waals surface area contributed by atoms with E-state index in [1.807, 2.05) is 61.5 Å². The quantitative estimate of drug-likeness (QED) is 0.634. The number of nitrogens with zero attached hydrogens (tertiary/aromatic N) is 1. The Bertz CT molecular complexity index is 728. The largest absolute Gasteiger partial charge is 0.493 e. The Balaban J connectivity index is 1.99. The number of carbonyl (C=O) groups is 2. The van der Waals surface area contributed by atoms with Crippen molar-refractivity contribution in [1.82, 2.24) is 4.90 Å². The summed E-state index contributed by atoms with van der Waals surface area (Å²) in [6.45, 7) is 4.84. The molecule has 0 fully saturated rings. The fraction of sp³-hybridized carbons (Fsp3) is 0.364. The molecule has 1 amide bonds. The molecule has 0 saturated heterocycles. The van der Waals surface area contributed by atoms with Crippen LogP contribution in [0.3, 0.4) is 0 Å². The van der Waals surface area contributed by atoms with Gasteiger partial charge in [-0.3, -0.25) is 9.59 Å². The second-order valence-corrected chi connectivity index (χ2v) is 6.60. The highest BCUT2D eigenvalue weighted by atomic mass is 16.5. The summed E-state index contributed by atoms with van der Waals surface area (Å²) < 4.78 is 10.4. The molecule has 1 unspecified atom stereocenters. The molecule has 0 aliphatic rings. The van der Waals surface area contributed by atoms with Gasteiger partial charge in [-0.2, -0.15) is 0 Å². The zero-order valence-electron chi connectivity index (χ0n) is 16.2. The van der Waals surface area contributed by atoms with E-state index in [0.717, 1.165) is 16.9 Å². The minimum absolute atomic E-state index is 0.0535. The molecule has 0 radical (unpaired) electrons. The van der Waals surface area contributed by atoms with E-state index < -0.39 is 0 Å². The Labute approximate surface area is 160 Å². The maximum absolute atomic E-state index is 12.7. The normalized spacial score (nSPS) is 11.5. The Morgan fingerprint density at radius 2 is 1.70 bits per heavy atom. The van der Waals surface area contributed by atoms with Gasteiger partial charge in [0.05, 0.1) is 26.1 Å². The molecule has 0 bridgehead atoms. The van der Waals surface area contributed by atoms with Crippen LogP contribution >= 0.6 is 0 Å². The predicted molar refractivity (Wildman–Crippen MR) is 104 cm³/mol. The first-order valence-electron chi connectivity index (χ1n) is 9.08. The van der Waals surface area contributed by atoms with Crippen LogP contribution in [0.1, 0.15) is 24.5 Å². The standard InChI is InChI=1S/C22H27NO4/c1-17-9-11-19(12-10-17)16-23(15-18(2)22(25)26-3)21(24)13-14-27-20-7-5-4-6-8-20/h4-12,18H,13-16H2,1-3H3. The maximum atomic E-state index is 12.7. The van der Waals surface area contributed by atoms with Crippen LogP contribution in [-0.2, 0) is 20.9 Å². The molecule has 0 saturated carbocycles. The molecule has 5 nitrogen and oxygen atoms in total. The highest BCUT2D eigenvalue weighted by Crippen LogP contribution is 2.13. The fourth-order valence-electron chi connectivity index (χ4n) is 2.71. The van der Waals surface area contributed by atoms with Gasteiger partial charge in [0.15, 0.2) is 0 Å². The molecule has 0 N–H and O–H groups in total. The van der Waals surface area contributed by atoms with Crippen molar-refractivity contribution in [3.05, 3.63) is 65.7 Å². The van der Waals surface area contributed by atoms with Crippen molar-refractivity contribution in [2.45, 2.75) is 26.8 Å². The van der Waals surface area contributed by atoms with Crippen molar-refractivity contribution < 1.29 is 19.1 Å². The number of aryl methyl sites for hydroxylation is 1. The molecular formula is C22H27NO4. The molecule has 0 aromatic heterocycles. The predicted octanol–water partition coefficient (Wildman–Crippen LogP) is 3.60. The second-order valence-electron chi connectivity index (χ2n) is 6.60. The van der Waals surface area contributed by atoms with Crippen LogP contribution in [0.2, 0.25) is 0 Å². The van der Waals surface area contributed by atoms with E-state index in [-0.39, 0.29) is 24.2 Å². The third-order valence-electron chi connectivity index (χ3n) is 4.27. The summed E-state index contributed by atoms with van der Waals surface area (Å²) in [4.78, 5) is 26.2. The van der Waals surface area contributed by atoms with Gasteiger partial charge in [-0.1, -0.05) is 55.0 Å². The number of esters is 1. The minimum Gasteiger partial charge on any atom is -0.493 e. The number of hydrogen-bond donors (Lipinski definition) is 0. The maximum Gasteiger partial charge on any atom is 0.310 e. The lowest BCUT2D eigenvalue weighted by Crippen LogP contribution is -2.37. The number of para-hydroxylation sites is 1. The van der Waals surface area contributed by atoms with Gasteiger partial charge in [0.25, 0.3) is 0 Å². The lowest BCUT2D eigenvalue weighted by atomic mass is 10.1. The zero-order chi connectivity index (χ0) is 19.6. The highest BCUT2D eigenvalue weighted by Gasteiger charge is 2.21. The van der Waals surface area contributed by atoms with Crippen molar-refractivity contribution in [2.75, 3.05) is 20.3 Å². The molecule has 2 rings (SSSR count). The lowest BCUT2D eigenvalue weighted by Gasteiger charge is -2.25. The first-order chi connectivity index (χ1) is 13.0. The van der Waals surface area contributed by atoms with Crippen molar-refractivity contribution in [1.29, 1.82) is 0 Å². The summed E-state index contributed by atoms with van der Waals surface area (Å²) in [7, 11) is 1.36. The summed E-state index contributed by atoms with van der Waals surface area (Å²) in [5.41, 5.74) is 2.19. The van der Waals surface area contributed by atoms with Crippen molar-refractivity contribution >= 4 is 11.9 Å². The van der Waals surface area contributed by atoms with Gasteiger partial charge in [0.1, 0.15) is 5.75 Å². The molecule has 2 aromatic rings. The number of carbonyl (C=O) groups excluding carboxylic acids is 2. The third kappa shape index (κ3) is 6.77. The van der Waals surface area contributed by atoms with E-state index in [0.29, 0.717) is 19.7 Å². The van der Waals surface area contributed by atoms with Crippen molar-refractivity contribution in [3.63, 3.8) is 0 Å². The number of amides is 1. The fourth-order valence-corrected chi connectivity index (χ4v) is 2.71. The molecule has 144 valence electrons. The van der Waals surface area contributed by atoms with E-state index in [4.69, 9.17) is 9.47 Å². The Morgan fingerprint density at radius 3 is 2.33 bits per heavy atom. The topological polar surface area (TPSA) is 55.8 Å². The molecule has 27 heavy (non-hydrogen) atoms. The van der Waals surface area contributed by atoms with E-state index in [1.54, 1.807) is 11.8 Å².